The van der Waals surface area contributed by atoms with Gasteiger partial charge in [0.2, 0.25) is 15.9 Å². The summed E-state index contributed by atoms with van der Waals surface area (Å²) in [5.41, 5.74) is 1.83. The lowest BCUT2D eigenvalue weighted by Gasteiger charge is -2.33. The number of amides is 1. The molecule has 1 aromatic rings. The summed E-state index contributed by atoms with van der Waals surface area (Å²) in [5, 5.41) is 3.18. The number of hydrogen-bond donors (Lipinski definition) is 1. The van der Waals surface area contributed by atoms with E-state index in [1.165, 1.54) is 0 Å². The first-order valence-corrected chi connectivity index (χ1v) is 11.6. The number of benzene rings is 1. The molecule has 6 heteroatoms. The van der Waals surface area contributed by atoms with Gasteiger partial charge in [0.1, 0.15) is 0 Å². The molecule has 2 rings (SSSR count). The van der Waals surface area contributed by atoms with E-state index in [4.69, 9.17) is 0 Å². The number of aryl methyl sites for hydroxylation is 1. The third-order valence-electron chi connectivity index (χ3n) is 5.56. The zero-order valence-corrected chi connectivity index (χ0v) is 18.1. The van der Waals surface area contributed by atoms with Crippen LogP contribution in [0, 0.1) is 24.7 Å². The summed E-state index contributed by atoms with van der Waals surface area (Å²) >= 11 is 0. The minimum Gasteiger partial charge on any atom is -0.353 e. The van der Waals surface area contributed by atoms with Crippen LogP contribution >= 0.6 is 0 Å². The molecule has 1 amide bonds. The standard InChI is InChI=1S/C21H34N2O3S/c1-15(2)20(16(3)4)22-21(24)18-10-12-23(13-11-18)27(25,26)14-19-9-7-6-8-17(19)5/h6-9,15-16,18,20H,10-14H2,1-5H3,(H,22,24). The number of carbonyl (C=O) groups is 1. The molecular formula is C21H34N2O3S. The largest absolute Gasteiger partial charge is 0.353 e. The highest BCUT2D eigenvalue weighted by atomic mass is 32.2. The van der Waals surface area contributed by atoms with Gasteiger partial charge in [-0.1, -0.05) is 52.0 Å². The van der Waals surface area contributed by atoms with E-state index in [-0.39, 0.29) is 23.6 Å². The van der Waals surface area contributed by atoms with Gasteiger partial charge >= 0.3 is 0 Å². The summed E-state index contributed by atoms with van der Waals surface area (Å²) in [6.07, 6.45) is 1.17. The summed E-state index contributed by atoms with van der Waals surface area (Å²) in [6, 6.07) is 7.73. The van der Waals surface area contributed by atoms with Crippen LogP contribution in [0.3, 0.4) is 0 Å². The van der Waals surface area contributed by atoms with Gasteiger partial charge in [-0.3, -0.25) is 4.79 Å². The second-order valence-electron chi connectivity index (χ2n) is 8.38. The molecule has 27 heavy (non-hydrogen) atoms. The molecule has 5 nitrogen and oxygen atoms in total. The van der Waals surface area contributed by atoms with E-state index in [2.05, 4.69) is 33.0 Å². The summed E-state index contributed by atoms with van der Waals surface area (Å²) in [5.74, 6) is 0.750. The Morgan fingerprint density at radius 2 is 1.67 bits per heavy atom. The van der Waals surface area contributed by atoms with E-state index in [1.807, 2.05) is 31.2 Å². The minimum atomic E-state index is -3.36. The van der Waals surface area contributed by atoms with Crippen LogP contribution in [0.2, 0.25) is 0 Å². The van der Waals surface area contributed by atoms with E-state index < -0.39 is 10.0 Å². The average molecular weight is 395 g/mol. The van der Waals surface area contributed by atoms with Crippen LogP contribution in [0.25, 0.3) is 0 Å². The van der Waals surface area contributed by atoms with E-state index >= 15 is 0 Å². The highest BCUT2D eigenvalue weighted by Crippen LogP contribution is 2.23. The van der Waals surface area contributed by atoms with Crippen LogP contribution in [0.4, 0.5) is 0 Å². The second-order valence-corrected chi connectivity index (χ2v) is 10.3. The topological polar surface area (TPSA) is 66.5 Å². The van der Waals surface area contributed by atoms with Crippen molar-refractivity contribution in [3.8, 4) is 0 Å². The number of piperidine rings is 1. The lowest BCUT2D eigenvalue weighted by atomic mass is 9.91. The van der Waals surface area contributed by atoms with E-state index in [0.717, 1.165) is 11.1 Å². The number of nitrogens with zero attached hydrogens (tertiary/aromatic N) is 1. The molecule has 1 N–H and O–H groups in total. The quantitative estimate of drug-likeness (QED) is 0.771. The maximum Gasteiger partial charge on any atom is 0.223 e. The first-order valence-electron chi connectivity index (χ1n) is 9.94. The highest BCUT2D eigenvalue weighted by molar-refractivity contribution is 7.88. The Labute approximate surface area is 164 Å². The van der Waals surface area contributed by atoms with Gasteiger partial charge in [-0.05, 0) is 42.7 Å². The van der Waals surface area contributed by atoms with Gasteiger partial charge in [-0.15, -0.1) is 0 Å². The molecule has 1 aliphatic rings. The Balaban J connectivity index is 1.94. The van der Waals surface area contributed by atoms with Crippen molar-refractivity contribution in [1.82, 2.24) is 9.62 Å². The molecule has 1 fully saturated rings. The third-order valence-corrected chi connectivity index (χ3v) is 7.39. The van der Waals surface area contributed by atoms with Crippen LogP contribution in [-0.2, 0) is 20.6 Å². The Bertz CT molecular complexity index is 728. The molecule has 0 unspecified atom stereocenters. The third kappa shape index (κ3) is 5.79. The zero-order valence-electron chi connectivity index (χ0n) is 17.2. The average Bonchev–Trinajstić information content (AvgIpc) is 2.61. The Hall–Kier alpha value is -1.40. The molecule has 0 bridgehead atoms. The van der Waals surface area contributed by atoms with Gasteiger partial charge in [0.25, 0.3) is 0 Å². The number of carbonyl (C=O) groups excluding carboxylic acids is 1. The fourth-order valence-corrected chi connectivity index (χ4v) is 5.51. The highest BCUT2D eigenvalue weighted by Gasteiger charge is 2.32. The summed E-state index contributed by atoms with van der Waals surface area (Å²) in [7, 11) is -3.36. The van der Waals surface area contributed by atoms with Gasteiger partial charge in [-0.2, -0.15) is 0 Å². The maximum absolute atomic E-state index is 12.8. The van der Waals surface area contributed by atoms with Gasteiger partial charge in [0.05, 0.1) is 5.75 Å². The van der Waals surface area contributed by atoms with Crippen molar-refractivity contribution < 1.29 is 13.2 Å². The van der Waals surface area contributed by atoms with E-state index in [1.54, 1.807) is 4.31 Å². The molecule has 0 saturated carbocycles. The number of nitrogens with one attached hydrogen (secondary N) is 1. The molecule has 1 heterocycles. The van der Waals surface area contributed by atoms with E-state index in [9.17, 15) is 13.2 Å². The lowest BCUT2D eigenvalue weighted by molar-refractivity contribution is -0.127. The van der Waals surface area contributed by atoms with Crippen molar-refractivity contribution in [2.45, 2.75) is 59.3 Å². The van der Waals surface area contributed by atoms with Gasteiger partial charge < -0.3 is 5.32 Å². The fourth-order valence-electron chi connectivity index (χ4n) is 3.84. The maximum atomic E-state index is 12.8. The molecule has 0 spiro atoms. The molecule has 0 radical (unpaired) electrons. The second kappa shape index (κ2) is 9.20. The van der Waals surface area contributed by atoms with E-state index in [0.29, 0.717) is 37.8 Å². The predicted molar refractivity (Wildman–Crippen MR) is 110 cm³/mol. The zero-order chi connectivity index (χ0) is 20.2. The fraction of sp³-hybridized carbons (Fsp3) is 0.667. The summed E-state index contributed by atoms with van der Waals surface area (Å²) in [4.78, 5) is 12.6. The number of hydrogen-bond acceptors (Lipinski definition) is 3. The molecule has 1 saturated heterocycles. The summed E-state index contributed by atoms with van der Waals surface area (Å²) in [6.45, 7) is 11.2. The molecule has 0 aromatic heterocycles. The first-order chi connectivity index (χ1) is 12.6. The van der Waals surface area contributed by atoms with Crippen molar-refractivity contribution in [2.75, 3.05) is 13.1 Å². The van der Waals surface area contributed by atoms with Gasteiger partial charge in [-0.25, -0.2) is 12.7 Å². The molecule has 152 valence electrons. The SMILES string of the molecule is Cc1ccccc1CS(=O)(=O)N1CCC(C(=O)NC(C(C)C)C(C)C)CC1. The van der Waals surface area contributed by atoms with Crippen LogP contribution in [-0.4, -0.2) is 37.8 Å². The van der Waals surface area contributed by atoms with Gasteiger partial charge in [0, 0.05) is 25.0 Å². The normalized spacial score (nSPS) is 17.0. The van der Waals surface area contributed by atoms with Crippen molar-refractivity contribution >= 4 is 15.9 Å². The van der Waals surface area contributed by atoms with Crippen LogP contribution < -0.4 is 5.32 Å². The minimum absolute atomic E-state index is 0.0271. The van der Waals surface area contributed by atoms with Crippen molar-refractivity contribution in [3.63, 3.8) is 0 Å². The summed E-state index contributed by atoms with van der Waals surface area (Å²) < 4.78 is 27.1. The van der Waals surface area contributed by atoms with Crippen LogP contribution in [0.5, 0.6) is 0 Å². The van der Waals surface area contributed by atoms with Crippen molar-refractivity contribution in [1.29, 1.82) is 0 Å². The van der Waals surface area contributed by atoms with Crippen molar-refractivity contribution in [2.24, 2.45) is 17.8 Å². The Kier molecular flexibility index (Phi) is 7.46. The molecular weight excluding hydrogens is 360 g/mol. The van der Waals surface area contributed by atoms with Gasteiger partial charge in [0.15, 0.2) is 0 Å². The van der Waals surface area contributed by atoms with Crippen molar-refractivity contribution in [3.05, 3.63) is 35.4 Å². The van der Waals surface area contributed by atoms with Crippen LogP contribution in [0.15, 0.2) is 24.3 Å². The first kappa shape index (κ1) is 21.9. The molecule has 0 atom stereocenters. The molecule has 0 aliphatic carbocycles. The molecule has 1 aliphatic heterocycles. The number of rotatable bonds is 7. The Morgan fingerprint density at radius 3 is 2.19 bits per heavy atom. The smallest absolute Gasteiger partial charge is 0.223 e. The Morgan fingerprint density at radius 1 is 1.11 bits per heavy atom. The lowest BCUT2D eigenvalue weighted by Crippen LogP contribution is -2.48. The monoisotopic (exact) mass is 394 g/mol. The molecule has 1 aromatic carbocycles. The number of sulfonamides is 1. The van der Waals surface area contributed by atoms with Crippen LogP contribution in [0.1, 0.15) is 51.7 Å². The predicted octanol–water partition coefficient (Wildman–Crippen LogP) is 3.33.